The topological polar surface area (TPSA) is 25.8 Å². The molecule has 0 radical (unpaired) electrons. The van der Waals surface area contributed by atoms with Gasteiger partial charge in [-0.1, -0.05) is 18.2 Å². The zero-order chi connectivity index (χ0) is 10.3. The molecule has 0 atom stereocenters. The molecule has 0 unspecified atom stereocenters. The molecule has 0 bridgehead atoms. The number of aromatic nitrogens is 2. The summed E-state index contributed by atoms with van der Waals surface area (Å²) in [4.78, 5) is 0. The lowest BCUT2D eigenvalue weighted by molar-refractivity contribution is 0.962. The van der Waals surface area contributed by atoms with Crippen LogP contribution in [0.4, 0.5) is 0 Å². The summed E-state index contributed by atoms with van der Waals surface area (Å²) in [6.07, 6.45) is 3.89. The van der Waals surface area contributed by atoms with Crippen molar-refractivity contribution in [1.29, 1.82) is 0 Å². The average molecular weight is 232 g/mol. The summed E-state index contributed by atoms with van der Waals surface area (Å²) in [5.74, 6) is 0. The molecule has 0 aliphatic heterocycles. The van der Waals surface area contributed by atoms with E-state index in [9.17, 15) is 0 Å². The molecule has 74 valence electrons. The van der Waals surface area contributed by atoms with Crippen LogP contribution in [-0.2, 0) is 0 Å². The molecule has 0 fully saturated rings. The van der Waals surface area contributed by atoms with E-state index in [0.29, 0.717) is 0 Å². The number of thiophene rings is 1. The maximum atomic E-state index is 4.14. The van der Waals surface area contributed by atoms with Gasteiger partial charge in [-0.05, 0) is 12.3 Å². The highest BCUT2D eigenvalue weighted by Crippen LogP contribution is 2.36. The molecule has 0 aliphatic rings. The lowest BCUT2D eigenvalue weighted by Crippen LogP contribution is -1.82. The minimum absolute atomic E-state index is 1.02. The van der Waals surface area contributed by atoms with Gasteiger partial charge in [0, 0.05) is 15.5 Å². The van der Waals surface area contributed by atoms with Crippen molar-refractivity contribution >= 4 is 43.3 Å². The predicted molar refractivity (Wildman–Crippen MR) is 66.7 cm³/mol. The van der Waals surface area contributed by atoms with Crippen molar-refractivity contribution in [3.05, 3.63) is 30.5 Å². The summed E-state index contributed by atoms with van der Waals surface area (Å²) in [6, 6.07) is 8.41. The summed E-state index contributed by atoms with van der Waals surface area (Å²) in [7, 11) is 0. The SMILES string of the molecule is CSc1nncc2c1sc1ccccc12. The highest BCUT2D eigenvalue weighted by molar-refractivity contribution is 7.98. The van der Waals surface area contributed by atoms with Crippen LogP contribution in [0.15, 0.2) is 35.5 Å². The second-order valence-corrected chi connectivity index (χ2v) is 5.04. The normalized spacial score (nSPS) is 11.3. The summed E-state index contributed by atoms with van der Waals surface area (Å²) in [5.41, 5.74) is 0. The van der Waals surface area contributed by atoms with Crippen molar-refractivity contribution < 1.29 is 0 Å². The molecule has 0 aliphatic carbocycles. The number of thioether (sulfide) groups is 1. The Morgan fingerprint density at radius 3 is 2.93 bits per heavy atom. The van der Waals surface area contributed by atoms with Crippen LogP contribution in [0.1, 0.15) is 0 Å². The van der Waals surface area contributed by atoms with Crippen LogP contribution in [0.2, 0.25) is 0 Å². The fraction of sp³-hybridized carbons (Fsp3) is 0.0909. The molecule has 0 N–H and O–H groups in total. The number of fused-ring (bicyclic) bond motifs is 3. The Labute approximate surface area is 95.3 Å². The van der Waals surface area contributed by atoms with Crippen LogP contribution < -0.4 is 0 Å². The largest absolute Gasteiger partial charge is 0.157 e. The lowest BCUT2D eigenvalue weighted by Gasteiger charge is -1.94. The van der Waals surface area contributed by atoms with Crippen LogP contribution in [0, 0.1) is 0 Å². The Bertz CT molecular complexity index is 631. The standard InChI is InChI=1S/C11H8N2S2/c1-14-11-10-8(6-12-13-11)7-4-2-3-5-9(7)15-10/h2-6H,1H3. The summed E-state index contributed by atoms with van der Waals surface area (Å²) < 4.78 is 2.55. The number of hydrogen-bond donors (Lipinski definition) is 0. The van der Waals surface area contributed by atoms with E-state index < -0.39 is 0 Å². The van der Waals surface area contributed by atoms with Crippen molar-refractivity contribution in [2.24, 2.45) is 0 Å². The number of nitrogens with zero attached hydrogens (tertiary/aromatic N) is 2. The molecule has 0 spiro atoms. The van der Waals surface area contributed by atoms with Gasteiger partial charge in [-0.2, -0.15) is 5.10 Å². The zero-order valence-corrected chi connectivity index (χ0v) is 9.73. The third-order valence-corrected chi connectivity index (χ3v) is 4.35. The first kappa shape index (κ1) is 9.12. The second-order valence-electron chi connectivity index (χ2n) is 3.19. The van der Waals surface area contributed by atoms with Gasteiger partial charge in [-0.25, -0.2) is 0 Å². The van der Waals surface area contributed by atoms with E-state index in [-0.39, 0.29) is 0 Å². The van der Waals surface area contributed by atoms with Crippen molar-refractivity contribution in [3.8, 4) is 0 Å². The highest BCUT2D eigenvalue weighted by atomic mass is 32.2. The van der Waals surface area contributed by atoms with E-state index in [2.05, 4.69) is 34.5 Å². The third kappa shape index (κ3) is 1.33. The highest BCUT2D eigenvalue weighted by Gasteiger charge is 2.08. The Morgan fingerprint density at radius 2 is 2.07 bits per heavy atom. The summed E-state index contributed by atoms with van der Waals surface area (Å²) in [5, 5.41) is 11.7. The van der Waals surface area contributed by atoms with Gasteiger partial charge in [0.1, 0.15) is 5.03 Å². The Morgan fingerprint density at radius 1 is 1.20 bits per heavy atom. The van der Waals surface area contributed by atoms with E-state index in [1.807, 2.05) is 12.5 Å². The van der Waals surface area contributed by atoms with Gasteiger partial charge in [0.25, 0.3) is 0 Å². The Kier molecular flexibility index (Phi) is 2.11. The fourth-order valence-corrected chi connectivity index (χ4v) is 3.52. The summed E-state index contributed by atoms with van der Waals surface area (Å²) in [6.45, 7) is 0. The first-order valence-corrected chi connectivity index (χ1v) is 6.61. The van der Waals surface area contributed by atoms with Gasteiger partial charge < -0.3 is 0 Å². The zero-order valence-electron chi connectivity index (χ0n) is 8.10. The van der Waals surface area contributed by atoms with E-state index in [1.165, 1.54) is 20.2 Å². The van der Waals surface area contributed by atoms with Crippen LogP contribution >= 0.6 is 23.1 Å². The molecule has 3 aromatic rings. The van der Waals surface area contributed by atoms with E-state index >= 15 is 0 Å². The predicted octanol–water partition coefficient (Wildman–Crippen LogP) is 3.57. The fourth-order valence-electron chi connectivity index (χ4n) is 1.67. The number of hydrogen-bond acceptors (Lipinski definition) is 4. The third-order valence-electron chi connectivity index (χ3n) is 2.36. The molecule has 4 heteroatoms. The number of rotatable bonds is 1. The van der Waals surface area contributed by atoms with Crippen molar-refractivity contribution in [2.75, 3.05) is 6.26 Å². The minimum Gasteiger partial charge on any atom is -0.157 e. The van der Waals surface area contributed by atoms with E-state index in [4.69, 9.17) is 0 Å². The number of benzene rings is 1. The molecule has 2 heterocycles. The first-order chi connectivity index (χ1) is 7.40. The van der Waals surface area contributed by atoms with Crippen LogP contribution in [0.3, 0.4) is 0 Å². The molecular formula is C11H8N2S2. The molecule has 2 aromatic heterocycles. The van der Waals surface area contributed by atoms with Crippen LogP contribution in [-0.4, -0.2) is 16.5 Å². The van der Waals surface area contributed by atoms with Gasteiger partial charge in [0.2, 0.25) is 0 Å². The van der Waals surface area contributed by atoms with Crippen LogP contribution in [0.25, 0.3) is 20.2 Å². The smallest absolute Gasteiger partial charge is 0.136 e. The molecule has 2 nitrogen and oxygen atoms in total. The molecule has 0 saturated heterocycles. The molecule has 3 rings (SSSR count). The Balaban J connectivity index is 2.53. The monoisotopic (exact) mass is 232 g/mol. The molecular weight excluding hydrogens is 224 g/mol. The van der Waals surface area contributed by atoms with Crippen molar-refractivity contribution in [3.63, 3.8) is 0 Å². The van der Waals surface area contributed by atoms with Gasteiger partial charge in [0.05, 0.1) is 10.9 Å². The molecule has 0 amide bonds. The van der Waals surface area contributed by atoms with Gasteiger partial charge in [-0.15, -0.1) is 28.2 Å². The van der Waals surface area contributed by atoms with Crippen LogP contribution in [0.5, 0.6) is 0 Å². The van der Waals surface area contributed by atoms with Crippen molar-refractivity contribution in [1.82, 2.24) is 10.2 Å². The van der Waals surface area contributed by atoms with Crippen molar-refractivity contribution in [2.45, 2.75) is 5.03 Å². The minimum atomic E-state index is 1.02. The first-order valence-electron chi connectivity index (χ1n) is 4.57. The average Bonchev–Trinajstić information content (AvgIpc) is 2.67. The van der Waals surface area contributed by atoms with Gasteiger partial charge in [0.15, 0.2) is 0 Å². The lowest BCUT2D eigenvalue weighted by atomic mass is 10.2. The molecule has 1 aromatic carbocycles. The molecule has 0 saturated carbocycles. The maximum absolute atomic E-state index is 4.14. The Hall–Kier alpha value is -1.13. The van der Waals surface area contributed by atoms with E-state index in [1.54, 1.807) is 23.1 Å². The molecule has 15 heavy (non-hydrogen) atoms. The van der Waals surface area contributed by atoms with Gasteiger partial charge >= 0.3 is 0 Å². The van der Waals surface area contributed by atoms with Gasteiger partial charge in [-0.3, -0.25) is 0 Å². The van der Waals surface area contributed by atoms with E-state index in [0.717, 1.165) is 5.03 Å². The second kappa shape index (κ2) is 3.47. The summed E-state index contributed by atoms with van der Waals surface area (Å²) >= 11 is 3.44. The quantitative estimate of drug-likeness (QED) is 0.600. The maximum Gasteiger partial charge on any atom is 0.136 e.